The van der Waals surface area contributed by atoms with Crippen LogP contribution in [0.3, 0.4) is 0 Å². The van der Waals surface area contributed by atoms with Crippen molar-refractivity contribution < 1.29 is 19.4 Å². The molecular formula is C14H19NO4. The molecule has 1 aromatic carbocycles. The highest BCUT2D eigenvalue weighted by Gasteiger charge is 2.25. The summed E-state index contributed by atoms with van der Waals surface area (Å²) < 4.78 is 10.4. The molecule has 0 radical (unpaired) electrons. The third-order valence-corrected chi connectivity index (χ3v) is 3.35. The zero-order valence-electron chi connectivity index (χ0n) is 11.3. The first-order valence-corrected chi connectivity index (χ1v) is 6.30. The lowest BCUT2D eigenvalue weighted by Crippen LogP contribution is -2.30. The Balaban J connectivity index is 2.08. The molecule has 0 aliphatic carbocycles. The standard InChI is InChI=1S/C14H19NO4/c1-18-12-4-3-10(13(8-12)19-2)7-14(17)15-6-5-11(16)9-15/h3-4,8,11,16H,5-7,9H2,1-2H3/t11-/m0/s1. The van der Waals surface area contributed by atoms with Crippen molar-refractivity contribution in [2.45, 2.75) is 18.9 Å². The van der Waals surface area contributed by atoms with Gasteiger partial charge in [0, 0.05) is 24.7 Å². The summed E-state index contributed by atoms with van der Waals surface area (Å²) in [5, 5.41) is 9.45. The van der Waals surface area contributed by atoms with Crippen LogP contribution in [-0.4, -0.2) is 49.3 Å². The van der Waals surface area contributed by atoms with Crippen LogP contribution in [0.1, 0.15) is 12.0 Å². The molecule has 0 bridgehead atoms. The number of carbonyl (C=O) groups excluding carboxylic acids is 1. The SMILES string of the molecule is COc1ccc(CC(=O)N2CC[C@H](O)C2)c(OC)c1. The summed E-state index contributed by atoms with van der Waals surface area (Å²) in [4.78, 5) is 13.8. The highest BCUT2D eigenvalue weighted by atomic mass is 16.5. The Morgan fingerprint density at radius 1 is 1.42 bits per heavy atom. The first-order valence-electron chi connectivity index (χ1n) is 6.30. The normalized spacial score (nSPS) is 18.5. The number of nitrogens with zero attached hydrogens (tertiary/aromatic N) is 1. The maximum Gasteiger partial charge on any atom is 0.227 e. The van der Waals surface area contributed by atoms with Gasteiger partial charge in [-0.25, -0.2) is 0 Å². The number of amides is 1. The van der Waals surface area contributed by atoms with Gasteiger partial charge < -0.3 is 19.5 Å². The van der Waals surface area contributed by atoms with Crippen LogP contribution >= 0.6 is 0 Å². The fourth-order valence-electron chi connectivity index (χ4n) is 2.24. The predicted octanol–water partition coefficient (Wildman–Crippen LogP) is 0.839. The largest absolute Gasteiger partial charge is 0.497 e. The second-order valence-electron chi connectivity index (χ2n) is 4.64. The maximum atomic E-state index is 12.1. The molecular weight excluding hydrogens is 246 g/mol. The van der Waals surface area contributed by atoms with Crippen LogP contribution in [0.4, 0.5) is 0 Å². The summed E-state index contributed by atoms with van der Waals surface area (Å²) in [5.41, 5.74) is 0.828. The second kappa shape index (κ2) is 5.93. The van der Waals surface area contributed by atoms with E-state index < -0.39 is 0 Å². The molecule has 1 saturated heterocycles. The summed E-state index contributed by atoms with van der Waals surface area (Å²) in [6.07, 6.45) is 0.549. The molecule has 2 rings (SSSR count). The summed E-state index contributed by atoms with van der Waals surface area (Å²) in [6, 6.07) is 5.41. The van der Waals surface area contributed by atoms with Gasteiger partial charge in [0.1, 0.15) is 11.5 Å². The van der Waals surface area contributed by atoms with Crippen molar-refractivity contribution in [2.75, 3.05) is 27.3 Å². The third-order valence-electron chi connectivity index (χ3n) is 3.35. The molecule has 1 N–H and O–H groups in total. The van der Waals surface area contributed by atoms with Crippen LogP contribution in [0.2, 0.25) is 0 Å². The number of rotatable bonds is 4. The van der Waals surface area contributed by atoms with Crippen LogP contribution in [0, 0.1) is 0 Å². The minimum absolute atomic E-state index is 0.0139. The highest BCUT2D eigenvalue weighted by Crippen LogP contribution is 2.25. The molecule has 5 nitrogen and oxygen atoms in total. The van der Waals surface area contributed by atoms with Gasteiger partial charge in [0.05, 0.1) is 26.7 Å². The molecule has 104 valence electrons. The number of carbonyl (C=O) groups is 1. The number of hydrogen-bond acceptors (Lipinski definition) is 4. The van der Waals surface area contributed by atoms with E-state index in [0.29, 0.717) is 31.0 Å². The van der Waals surface area contributed by atoms with Gasteiger partial charge in [-0.1, -0.05) is 6.07 Å². The summed E-state index contributed by atoms with van der Waals surface area (Å²) >= 11 is 0. The lowest BCUT2D eigenvalue weighted by Gasteiger charge is -2.17. The van der Waals surface area contributed by atoms with E-state index in [1.54, 1.807) is 25.2 Å². The average Bonchev–Trinajstić information content (AvgIpc) is 2.86. The van der Waals surface area contributed by atoms with E-state index in [2.05, 4.69) is 0 Å². The molecule has 1 atom stereocenters. The van der Waals surface area contributed by atoms with E-state index in [1.807, 2.05) is 12.1 Å². The summed E-state index contributed by atoms with van der Waals surface area (Å²) in [7, 11) is 3.16. The molecule has 0 aromatic heterocycles. The predicted molar refractivity (Wildman–Crippen MR) is 70.5 cm³/mol. The second-order valence-corrected chi connectivity index (χ2v) is 4.64. The molecule has 0 spiro atoms. The molecule has 5 heteroatoms. The Bertz CT molecular complexity index is 461. The van der Waals surface area contributed by atoms with Crippen LogP contribution < -0.4 is 9.47 Å². The van der Waals surface area contributed by atoms with Gasteiger partial charge in [0.25, 0.3) is 0 Å². The van der Waals surface area contributed by atoms with Gasteiger partial charge >= 0.3 is 0 Å². The first kappa shape index (κ1) is 13.7. The Morgan fingerprint density at radius 3 is 2.79 bits per heavy atom. The Kier molecular flexibility index (Phi) is 4.27. The lowest BCUT2D eigenvalue weighted by molar-refractivity contribution is -0.129. The van der Waals surface area contributed by atoms with E-state index in [0.717, 1.165) is 5.56 Å². The van der Waals surface area contributed by atoms with E-state index in [1.165, 1.54) is 0 Å². The smallest absolute Gasteiger partial charge is 0.227 e. The number of likely N-dealkylation sites (tertiary alicyclic amines) is 1. The van der Waals surface area contributed by atoms with E-state index in [-0.39, 0.29) is 18.4 Å². The van der Waals surface area contributed by atoms with Crippen molar-refractivity contribution in [2.24, 2.45) is 0 Å². The van der Waals surface area contributed by atoms with Crippen molar-refractivity contribution >= 4 is 5.91 Å². The van der Waals surface area contributed by atoms with Crippen molar-refractivity contribution in [3.05, 3.63) is 23.8 Å². The van der Waals surface area contributed by atoms with Gasteiger partial charge in [-0.2, -0.15) is 0 Å². The van der Waals surface area contributed by atoms with Gasteiger partial charge in [0.15, 0.2) is 0 Å². The molecule has 1 aromatic rings. The quantitative estimate of drug-likeness (QED) is 0.876. The average molecular weight is 265 g/mol. The first-order chi connectivity index (χ1) is 9.13. The number of hydrogen-bond donors (Lipinski definition) is 1. The molecule has 1 aliphatic rings. The van der Waals surface area contributed by atoms with Gasteiger partial charge in [-0.05, 0) is 12.5 Å². The lowest BCUT2D eigenvalue weighted by atomic mass is 10.1. The third kappa shape index (κ3) is 3.17. The minimum atomic E-state index is -0.387. The fraction of sp³-hybridized carbons (Fsp3) is 0.500. The fourth-order valence-corrected chi connectivity index (χ4v) is 2.24. The van der Waals surface area contributed by atoms with Gasteiger partial charge in [-0.15, -0.1) is 0 Å². The summed E-state index contributed by atoms with van der Waals surface area (Å²) in [6.45, 7) is 1.05. The van der Waals surface area contributed by atoms with Crippen LogP contribution in [0.5, 0.6) is 11.5 Å². The highest BCUT2D eigenvalue weighted by molar-refractivity contribution is 5.80. The number of ether oxygens (including phenoxy) is 2. The molecule has 1 aliphatic heterocycles. The number of β-amino-alcohol motifs (C(OH)–C–C–N with tert-alkyl or cyclic N) is 1. The number of aliphatic hydroxyl groups is 1. The Hall–Kier alpha value is -1.75. The Labute approximate surface area is 112 Å². The number of methoxy groups -OCH3 is 2. The zero-order chi connectivity index (χ0) is 13.8. The molecule has 19 heavy (non-hydrogen) atoms. The maximum absolute atomic E-state index is 12.1. The zero-order valence-corrected chi connectivity index (χ0v) is 11.3. The molecule has 1 fully saturated rings. The Morgan fingerprint density at radius 2 is 2.21 bits per heavy atom. The minimum Gasteiger partial charge on any atom is -0.497 e. The van der Waals surface area contributed by atoms with Crippen molar-refractivity contribution in [3.8, 4) is 11.5 Å². The monoisotopic (exact) mass is 265 g/mol. The molecule has 1 amide bonds. The molecule has 0 saturated carbocycles. The van der Waals surface area contributed by atoms with E-state index in [4.69, 9.17) is 9.47 Å². The molecule has 1 heterocycles. The number of benzene rings is 1. The van der Waals surface area contributed by atoms with Crippen molar-refractivity contribution in [1.82, 2.24) is 4.90 Å². The summed E-state index contributed by atoms with van der Waals surface area (Å²) in [5.74, 6) is 1.36. The van der Waals surface area contributed by atoms with Crippen LogP contribution in [-0.2, 0) is 11.2 Å². The molecule has 0 unspecified atom stereocenters. The van der Waals surface area contributed by atoms with E-state index in [9.17, 15) is 9.90 Å². The van der Waals surface area contributed by atoms with Crippen molar-refractivity contribution in [1.29, 1.82) is 0 Å². The van der Waals surface area contributed by atoms with E-state index >= 15 is 0 Å². The van der Waals surface area contributed by atoms with Gasteiger partial charge in [-0.3, -0.25) is 4.79 Å². The van der Waals surface area contributed by atoms with Crippen LogP contribution in [0.15, 0.2) is 18.2 Å². The van der Waals surface area contributed by atoms with Crippen molar-refractivity contribution in [3.63, 3.8) is 0 Å². The van der Waals surface area contributed by atoms with Gasteiger partial charge in [0.2, 0.25) is 5.91 Å². The number of aliphatic hydroxyl groups excluding tert-OH is 1. The van der Waals surface area contributed by atoms with Crippen LogP contribution in [0.25, 0.3) is 0 Å². The topological polar surface area (TPSA) is 59.0 Å².